The van der Waals surface area contributed by atoms with E-state index in [1.807, 2.05) is 72.8 Å². The van der Waals surface area contributed by atoms with E-state index in [0.717, 1.165) is 47.0 Å². The SMILES string of the molecule is O=C(NCCc1ccccc1)c1c(C[N+]2([O-])CCCC2)c(-c2ccccc2)nc2ccccc12. The third kappa shape index (κ3) is 4.72. The van der Waals surface area contributed by atoms with E-state index in [1.165, 1.54) is 5.56 Å². The Morgan fingerprint density at radius 1 is 0.882 bits per heavy atom. The first-order valence-corrected chi connectivity index (χ1v) is 12.0. The van der Waals surface area contributed by atoms with Gasteiger partial charge in [0.25, 0.3) is 5.91 Å². The smallest absolute Gasteiger partial charge is 0.252 e. The van der Waals surface area contributed by atoms with Crippen LogP contribution >= 0.6 is 0 Å². The Morgan fingerprint density at radius 3 is 2.26 bits per heavy atom. The number of aromatic nitrogens is 1. The van der Waals surface area contributed by atoms with Gasteiger partial charge in [-0.05, 0) is 18.1 Å². The number of nitrogens with one attached hydrogen (secondary N) is 1. The Hall–Kier alpha value is -3.54. The quantitative estimate of drug-likeness (QED) is 0.299. The van der Waals surface area contributed by atoms with Gasteiger partial charge in [-0.2, -0.15) is 0 Å². The summed E-state index contributed by atoms with van der Waals surface area (Å²) in [7, 11) is 0. The topological polar surface area (TPSA) is 65.0 Å². The molecule has 1 aromatic heterocycles. The largest absolute Gasteiger partial charge is 0.633 e. The zero-order valence-corrected chi connectivity index (χ0v) is 19.2. The Labute approximate surface area is 200 Å². The molecule has 5 nitrogen and oxygen atoms in total. The van der Waals surface area contributed by atoms with Crippen LogP contribution < -0.4 is 5.32 Å². The lowest BCUT2D eigenvalue weighted by Gasteiger charge is -2.39. The highest BCUT2D eigenvalue weighted by molar-refractivity contribution is 6.09. The summed E-state index contributed by atoms with van der Waals surface area (Å²) in [6, 6.07) is 27.7. The van der Waals surface area contributed by atoms with E-state index in [-0.39, 0.29) is 17.1 Å². The molecule has 0 spiro atoms. The summed E-state index contributed by atoms with van der Waals surface area (Å²) in [6.07, 6.45) is 2.59. The number of fused-ring (bicyclic) bond motifs is 1. The molecule has 0 bridgehead atoms. The highest BCUT2D eigenvalue weighted by atomic mass is 16.5. The van der Waals surface area contributed by atoms with Crippen molar-refractivity contribution in [3.8, 4) is 11.3 Å². The molecule has 172 valence electrons. The van der Waals surface area contributed by atoms with Crippen LogP contribution in [0.15, 0.2) is 84.9 Å². The van der Waals surface area contributed by atoms with Gasteiger partial charge in [-0.15, -0.1) is 0 Å². The predicted molar refractivity (Wildman–Crippen MR) is 136 cm³/mol. The minimum Gasteiger partial charge on any atom is -0.633 e. The summed E-state index contributed by atoms with van der Waals surface area (Å²) in [4.78, 5) is 18.6. The summed E-state index contributed by atoms with van der Waals surface area (Å²) >= 11 is 0. The fourth-order valence-corrected chi connectivity index (χ4v) is 4.91. The molecule has 1 saturated heterocycles. The third-order valence-corrected chi connectivity index (χ3v) is 6.64. The molecule has 3 aromatic carbocycles. The second-order valence-electron chi connectivity index (χ2n) is 9.06. The molecule has 5 rings (SSSR count). The van der Waals surface area contributed by atoms with Gasteiger partial charge in [0.1, 0.15) is 6.54 Å². The number of amides is 1. The van der Waals surface area contributed by atoms with E-state index >= 15 is 0 Å². The van der Waals surface area contributed by atoms with Gasteiger partial charge in [0.15, 0.2) is 0 Å². The number of hydrogen-bond acceptors (Lipinski definition) is 3. The number of para-hydroxylation sites is 1. The minimum atomic E-state index is -0.301. The lowest BCUT2D eigenvalue weighted by molar-refractivity contribution is -0.881. The third-order valence-electron chi connectivity index (χ3n) is 6.64. The van der Waals surface area contributed by atoms with Gasteiger partial charge in [0.2, 0.25) is 0 Å². The van der Waals surface area contributed by atoms with Gasteiger partial charge < -0.3 is 15.2 Å². The first kappa shape index (κ1) is 22.3. The van der Waals surface area contributed by atoms with E-state index in [4.69, 9.17) is 4.98 Å². The predicted octanol–water partition coefficient (Wildman–Crippen LogP) is 5.48. The maximum absolute atomic E-state index is 13.7. The lowest BCUT2D eigenvalue weighted by atomic mass is 9.95. The molecular weight excluding hydrogens is 422 g/mol. The average molecular weight is 452 g/mol. The molecule has 1 fully saturated rings. The van der Waals surface area contributed by atoms with E-state index < -0.39 is 0 Å². The molecule has 1 aliphatic rings. The number of nitrogens with zero attached hydrogens (tertiary/aromatic N) is 2. The molecule has 0 saturated carbocycles. The Bertz CT molecular complexity index is 1280. The highest BCUT2D eigenvalue weighted by Crippen LogP contribution is 2.34. The molecule has 1 aliphatic heterocycles. The minimum absolute atomic E-state index is 0.146. The molecule has 5 heteroatoms. The number of carbonyl (C=O) groups excluding carboxylic acids is 1. The van der Waals surface area contributed by atoms with Crippen molar-refractivity contribution in [2.45, 2.75) is 25.8 Å². The summed E-state index contributed by atoms with van der Waals surface area (Å²) in [6.45, 7) is 1.94. The first-order valence-electron chi connectivity index (χ1n) is 12.0. The molecule has 4 aromatic rings. The van der Waals surface area contributed by atoms with Gasteiger partial charge >= 0.3 is 0 Å². The summed E-state index contributed by atoms with van der Waals surface area (Å²) in [5, 5.41) is 17.5. The number of hydroxylamine groups is 3. The van der Waals surface area contributed by atoms with Crippen molar-refractivity contribution in [3.05, 3.63) is 107 Å². The summed E-state index contributed by atoms with van der Waals surface area (Å²) < 4.78 is -0.301. The second kappa shape index (κ2) is 9.75. The Morgan fingerprint density at radius 2 is 1.53 bits per heavy atom. The van der Waals surface area contributed by atoms with Crippen LogP contribution in [0.5, 0.6) is 0 Å². The summed E-state index contributed by atoms with van der Waals surface area (Å²) in [5.41, 5.74) is 4.92. The van der Waals surface area contributed by atoms with Crippen LogP contribution in [0.25, 0.3) is 22.2 Å². The van der Waals surface area contributed by atoms with Crippen molar-refractivity contribution < 1.29 is 9.44 Å². The molecule has 0 atom stereocenters. The number of carbonyl (C=O) groups is 1. The maximum Gasteiger partial charge on any atom is 0.252 e. The molecule has 2 heterocycles. The van der Waals surface area contributed by atoms with Crippen molar-refractivity contribution in [1.82, 2.24) is 10.3 Å². The van der Waals surface area contributed by atoms with E-state index in [0.29, 0.717) is 25.2 Å². The number of hydrogen-bond donors (Lipinski definition) is 1. The van der Waals surface area contributed by atoms with Gasteiger partial charge in [-0.3, -0.25) is 4.79 Å². The highest BCUT2D eigenvalue weighted by Gasteiger charge is 2.29. The van der Waals surface area contributed by atoms with E-state index in [2.05, 4.69) is 17.4 Å². The molecule has 34 heavy (non-hydrogen) atoms. The number of rotatable bonds is 7. The maximum atomic E-state index is 13.7. The standard InChI is InChI=1S/C29H29N3O2/c33-29(30-18-17-22-11-3-1-4-12-22)27-24-15-7-8-16-26(24)31-28(23-13-5-2-6-14-23)25(27)21-32(34)19-9-10-20-32/h1-8,11-16H,9-10,17-21H2,(H,30,33). The fourth-order valence-electron chi connectivity index (χ4n) is 4.91. The van der Waals surface area contributed by atoms with Gasteiger partial charge in [-0.25, -0.2) is 4.98 Å². The van der Waals surface area contributed by atoms with Gasteiger partial charge in [-0.1, -0.05) is 78.9 Å². The molecular formula is C29H29N3O2. The zero-order chi connectivity index (χ0) is 23.4. The van der Waals surface area contributed by atoms with E-state index in [1.54, 1.807) is 0 Å². The Balaban J connectivity index is 1.59. The molecule has 0 unspecified atom stereocenters. The van der Waals surface area contributed by atoms with Crippen LogP contribution in [0.2, 0.25) is 0 Å². The number of benzene rings is 3. The average Bonchev–Trinajstić information content (AvgIpc) is 3.30. The monoisotopic (exact) mass is 451 g/mol. The van der Waals surface area contributed by atoms with Gasteiger partial charge in [0, 0.05) is 35.9 Å². The first-order chi connectivity index (χ1) is 16.6. The van der Waals surface area contributed by atoms with Crippen molar-refractivity contribution in [2.75, 3.05) is 19.6 Å². The van der Waals surface area contributed by atoms with Crippen molar-refractivity contribution in [2.24, 2.45) is 0 Å². The lowest BCUT2D eigenvalue weighted by Crippen LogP contribution is -2.39. The van der Waals surface area contributed by atoms with Crippen LogP contribution in [0.4, 0.5) is 0 Å². The van der Waals surface area contributed by atoms with Crippen LogP contribution in [0.1, 0.15) is 34.3 Å². The normalized spacial score (nSPS) is 14.9. The van der Waals surface area contributed by atoms with Crippen molar-refractivity contribution in [3.63, 3.8) is 0 Å². The van der Waals surface area contributed by atoms with Crippen LogP contribution in [0.3, 0.4) is 0 Å². The summed E-state index contributed by atoms with van der Waals surface area (Å²) in [5.74, 6) is -0.146. The van der Waals surface area contributed by atoms with Crippen molar-refractivity contribution in [1.29, 1.82) is 0 Å². The second-order valence-corrected chi connectivity index (χ2v) is 9.06. The zero-order valence-electron chi connectivity index (χ0n) is 19.2. The number of quaternary nitrogens is 1. The molecule has 1 N–H and O–H groups in total. The van der Waals surface area contributed by atoms with Crippen LogP contribution in [-0.2, 0) is 13.0 Å². The Kier molecular flexibility index (Phi) is 6.39. The van der Waals surface area contributed by atoms with Crippen LogP contribution in [0, 0.1) is 5.21 Å². The van der Waals surface area contributed by atoms with Crippen LogP contribution in [-0.4, -0.2) is 35.2 Å². The number of pyridine rings is 1. The molecule has 1 amide bonds. The van der Waals surface area contributed by atoms with Gasteiger partial charge in [0.05, 0.1) is 29.9 Å². The number of likely N-dealkylation sites (tertiary alicyclic amines) is 1. The van der Waals surface area contributed by atoms with E-state index in [9.17, 15) is 10.0 Å². The molecule has 0 aliphatic carbocycles. The molecule has 0 radical (unpaired) electrons. The fraction of sp³-hybridized carbons (Fsp3) is 0.241. The van der Waals surface area contributed by atoms with Crippen molar-refractivity contribution >= 4 is 16.8 Å².